The van der Waals surface area contributed by atoms with Crippen LogP contribution in [0.25, 0.3) is 0 Å². The highest BCUT2D eigenvalue weighted by atomic mass is 16.5. The van der Waals surface area contributed by atoms with Gasteiger partial charge in [0.05, 0.1) is 18.5 Å². The Morgan fingerprint density at radius 1 is 0.789 bits per heavy atom. The Labute approximate surface area is 113 Å². The molecule has 0 aliphatic carbocycles. The Morgan fingerprint density at radius 3 is 1.74 bits per heavy atom. The van der Waals surface area contributed by atoms with Gasteiger partial charge in [-0.3, -0.25) is 9.98 Å². The van der Waals surface area contributed by atoms with Crippen LogP contribution in [0.5, 0.6) is 5.75 Å². The summed E-state index contributed by atoms with van der Waals surface area (Å²) in [6, 6.07) is 15.6. The number of aryl methyl sites for hydroxylation is 1. The molecule has 0 bridgehead atoms. The van der Waals surface area contributed by atoms with Crippen LogP contribution in [0.4, 0.5) is 11.4 Å². The maximum Gasteiger partial charge on any atom is 0.119 e. The molecule has 19 heavy (non-hydrogen) atoms. The third kappa shape index (κ3) is 4.07. The number of hydrogen-bond acceptors (Lipinski definition) is 3. The third-order valence-electron chi connectivity index (χ3n) is 2.62. The molecule has 0 radical (unpaired) electrons. The SMILES string of the molecule is COc1ccc(/N=C/C=N/c2ccc(C)cc2)cc1. The van der Waals surface area contributed by atoms with Crippen LogP contribution in [0, 0.1) is 6.92 Å². The summed E-state index contributed by atoms with van der Waals surface area (Å²) < 4.78 is 5.08. The molecule has 0 saturated carbocycles. The van der Waals surface area contributed by atoms with E-state index >= 15 is 0 Å². The highest BCUT2D eigenvalue weighted by Crippen LogP contribution is 2.17. The first-order valence-corrected chi connectivity index (χ1v) is 6.05. The standard InChI is InChI=1S/C16H16N2O/c1-13-3-5-14(6-4-13)17-11-12-18-15-7-9-16(19-2)10-8-15/h3-12H,1-2H3/b17-11+,18-12+. The molecule has 3 heteroatoms. The normalized spacial score (nSPS) is 11.3. The van der Waals surface area contributed by atoms with Gasteiger partial charge in [-0.15, -0.1) is 0 Å². The Balaban J connectivity index is 1.96. The molecule has 0 amide bonds. The zero-order valence-electron chi connectivity index (χ0n) is 11.1. The highest BCUT2D eigenvalue weighted by molar-refractivity contribution is 6.17. The number of hydrogen-bond donors (Lipinski definition) is 0. The first-order valence-electron chi connectivity index (χ1n) is 6.05. The van der Waals surface area contributed by atoms with Crippen LogP contribution in [-0.2, 0) is 0 Å². The zero-order chi connectivity index (χ0) is 13.5. The van der Waals surface area contributed by atoms with Gasteiger partial charge in [0.2, 0.25) is 0 Å². The topological polar surface area (TPSA) is 34.0 Å². The van der Waals surface area contributed by atoms with Crippen molar-refractivity contribution < 1.29 is 4.74 Å². The molecular formula is C16H16N2O. The van der Waals surface area contributed by atoms with Gasteiger partial charge < -0.3 is 4.74 Å². The van der Waals surface area contributed by atoms with E-state index in [0.29, 0.717) is 0 Å². The molecule has 0 spiro atoms. The van der Waals surface area contributed by atoms with Gasteiger partial charge in [-0.2, -0.15) is 0 Å². The van der Waals surface area contributed by atoms with Crippen molar-refractivity contribution in [3.63, 3.8) is 0 Å². The molecule has 0 N–H and O–H groups in total. The Morgan fingerprint density at radius 2 is 1.26 bits per heavy atom. The smallest absolute Gasteiger partial charge is 0.119 e. The van der Waals surface area contributed by atoms with Crippen LogP contribution in [0.3, 0.4) is 0 Å². The summed E-state index contributed by atoms with van der Waals surface area (Å²) in [5, 5.41) is 0. The third-order valence-corrected chi connectivity index (χ3v) is 2.62. The number of ether oxygens (including phenoxy) is 1. The Kier molecular flexibility index (Phi) is 4.45. The fraction of sp³-hybridized carbons (Fsp3) is 0.125. The molecule has 0 saturated heterocycles. The number of aliphatic imine (C=N–C) groups is 2. The largest absolute Gasteiger partial charge is 0.497 e. The average molecular weight is 252 g/mol. The number of benzene rings is 2. The van der Waals surface area contributed by atoms with E-state index in [1.807, 2.05) is 48.5 Å². The number of nitrogens with zero attached hydrogens (tertiary/aromatic N) is 2. The molecule has 0 aliphatic heterocycles. The van der Waals surface area contributed by atoms with Crippen LogP contribution < -0.4 is 4.74 Å². The lowest BCUT2D eigenvalue weighted by molar-refractivity contribution is 0.415. The molecule has 3 nitrogen and oxygen atoms in total. The fourth-order valence-corrected chi connectivity index (χ4v) is 1.54. The van der Waals surface area contributed by atoms with E-state index in [1.54, 1.807) is 19.5 Å². The van der Waals surface area contributed by atoms with Crippen LogP contribution in [0.1, 0.15) is 5.56 Å². The second-order valence-electron chi connectivity index (χ2n) is 4.09. The molecule has 0 heterocycles. The molecular weight excluding hydrogens is 236 g/mol. The van der Waals surface area contributed by atoms with Gasteiger partial charge in [0, 0.05) is 12.4 Å². The fourth-order valence-electron chi connectivity index (χ4n) is 1.54. The van der Waals surface area contributed by atoms with E-state index in [1.165, 1.54) is 5.56 Å². The van der Waals surface area contributed by atoms with Crippen molar-refractivity contribution in [2.45, 2.75) is 6.92 Å². The summed E-state index contributed by atoms with van der Waals surface area (Å²) in [5.41, 5.74) is 3.02. The molecule has 2 aromatic carbocycles. The van der Waals surface area contributed by atoms with Crippen molar-refractivity contribution in [2.75, 3.05) is 7.11 Å². The monoisotopic (exact) mass is 252 g/mol. The van der Waals surface area contributed by atoms with Gasteiger partial charge in [0.25, 0.3) is 0 Å². The highest BCUT2D eigenvalue weighted by Gasteiger charge is 1.90. The summed E-state index contributed by atoms with van der Waals surface area (Å²) in [6.07, 6.45) is 3.37. The van der Waals surface area contributed by atoms with Gasteiger partial charge in [0.1, 0.15) is 5.75 Å². The minimum absolute atomic E-state index is 0.826. The second kappa shape index (κ2) is 6.50. The van der Waals surface area contributed by atoms with Gasteiger partial charge in [-0.1, -0.05) is 17.7 Å². The van der Waals surface area contributed by atoms with Crippen molar-refractivity contribution in [1.82, 2.24) is 0 Å². The second-order valence-corrected chi connectivity index (χ2v) is 4.09. The summed E-state index contributed by atoms with van der Waals surface area (Å²) in [6.45, 7) is 2.05. The van der Waals surface area contributed by atoms with Crippen molar-refractivity contribution in [1.29, 1.82) is 0 Å². The van der Waals surface area contributed by atoms with Gasteiger partial charge in [-0.05, 0) is 43.3 Å². The quantitative estimate of drug-likeness (QED) is 0.754. The molecule has 0 atom stereocenters. The van der Waals surface area contributed by atoms with E-state index in [-0.39, 0.29) is 0 Å². The minimum atomic E-state index is 0.826. The first-order chi connectivity index (χ1) is 9.28. The van der Waals surface area contributed by atoms with Crippen LogP contribution >= 0.6 is 0 Å². The van der Waals surface area contributed by atoms with Gasteiger partial charge >= 0.3 is 0 Å². The van der Waals surface area contributed by atoms with Crippen molar-refractivity contribution in [3.8, 4) is 5.75 Å². The molecule has 2 aromatic rings. The van der Waals surface area contributed by atoms with Crippen molar-refractivity contribution in [2.24, 2.45) is 9.98 Å². The summed E-state index contributed by atoms with van der Waals surface area (Å²) in [7, 11) is 1.65. The predicted molar refractivity (Wildman–Crippen MR) is 80.5 cm³/mol. The van der Waals surface area contributed by atoms with E-state index in [2.05, 4.69) is 16.9 Å². The van der Waals surface area contributed by atoms with Gasteiger partial charge in [0.15, 0.2) is 0 Å². The summed E-state index contributed by atoms with van der Waals surface area (Å²) in [5.74, 6) is 0.826. The van der Waals surface area contributed by atoms with E-state index in [4.69, 9.17) is 4.74 Å². The van der Waals surface area contributed by atoms with Crippen LogP contribution in [-0.4, -0.2) is 19.5 Å². The molecule has 0 fully saturated rings. The Bertz CT molecular complexity index is 569. The maximum absolute atomic E-state index is 5.08. The number of methoxy groups -OCH3 is 1. The van der Waals surface area contributed by atoms with E-state index in [9.17, 15) is 0 Å². The molecule has 0 unspecified atom stereocenters. The van der Waals surface area contributed by atoms with Gasteiger partial charge in [-0.25, -0.2) is 0 Å². The number of rotatable bonds is 4. The lowest BCUT2D eigenvalue weighted by Gasteiger charge is -1.98. The molecule has 0 aromatic heterocycles. The minimum Gasteiger partial charge on any atom is -0.497 e. The zero-order valence-corrected chi connectivity index (χ0v) is 11.1. The van der Waals surface area contributed by atoms with Crippen molar-refractivity contribution >= 4 is 23.8 Å². The Hall–Kier alpha value is -2.42. The molecule has 96 valence electrons. The van der Waals surface area contributed by atoms with Crippen LogP contribution in [0.15, 0.2) is 58.5 Å². The molecule has 2 rings (SSSR count). The summed E-state index contributed by atoms with van der Waals surface area (Å²) >= 11 is 0. The van der Waals surface area contributed by atoms with Crippen molar-refractivity contribution in [3.05, 3.63) is 54.1 Å². The van der Waals surface area contributed by atoms with E-state index in [0.717, 1.165) is 17.1 Å². The maximum atomic E-state index is 5.08. The first kappa shape index (κ1) is 13.0. The lowest BCUT2D eigenvalue weighted by atomic mass is 10.2. The summed E-state index contributed by atoms with van der Waals surface area (Å²) in [4.78, 5) is 8.58. The van der Waals surface area contributed by atoms with Crippen LogP contribution in [0.2, 0.25) is 0 Å². The predicted octanol–water partition coefficient (Wildman–Crippen LogP) is 4.11. The molecule has 0 aliphatic rings. The lowest BCUT2D eigenvalue weighted by Crippen LogP contribution is -1.80. The average Bonchev–Trinajstić information content (AvgIpc) is 2.46. The van der Waals surface area contributed by atoms with E-state index < -0.39 is 0 Å².